The number of thiazole rings is 1. The summed E-state index contributed by atoms with van der Waals surface area (Å²) in [5, 5.41) is 5.28. The lowest BCUT2D eigenvalue weighted by Gasteiger charge is -2.30. The number of benzene rings is 1. The Morgan fingerprint density at radius 3 is 2.41 bits per heavy atom. The van der Waals surface area contributed by atoms with Crippen molar-refractivity contribution in [1.29, 1.82) is 0 Å². The SMILES string of the molecule is CS(=O)(=O)c1ccc(Nc2nc(C(=O)N3CCC(C(N)=O)CC3)cs2)cc1. The number of hydrogen-bond donors (Lipinski definition) is 2. The number of nitrogens with two attached hydrogens (primary N) is 1. The number of amides is 2. The second kappa shape index (κ2) is 7.65. The molecule has 0 atom stereocenters. The molecule has 1 saturated heterocycles. The first-order chi connectivity index (χ1) is 12.7. The van der Waals surface area contributed by atoms with Crippen molar-refractivity contribution in [3.63, 3.8) is 0 Å². The van der Waals surface area contributed by atoms with Gasteiger partial charge in [0.15, 0.2) is 15.0 Å². The lowest BCUT2D eigenvalue weighted by Crippen LogP contribution is -2.41. The summed E-state index contributed by atoms with van der Waals surface area (Å²) < 4.78 is 23.0. The van der Waals surface area contributed by atoms with Crippen LogP contribution in [0.15, 0.2) is 34.5 Å². The van der Waals surface area contributed by atoms with Crippen LogP contribution in [0, 0.1) is 5.92 Å². The summed E-state index contributed by atoms with van der Waals surface area (Å²) in [5.74, 6) is -0.657. The third-order valence-electron chi connectivity index (χ3n) is 4.44. The molecule has 3 N–H and O–H groups in total. The predicted octanol–water partition coefficient (Wildman–Crippen LogP) is 1.63. The highest BCUT2D eigenvalue weighted by atomic mass is 32.2. The fourth-order valence-electron chi connectivity index (χ4n) is 2.87. The minimum absolute atomic E-state index is 0.170. The number of carbonyl (C=O) groups is 2. The average Bonchev–Trinajstić information content (AvgIpc) is 3.09. The van der Waals surface area contributed by atoms with Crippen molar-refractivity contribution >= 4 is 43.8 Å². The number of rotatable bonds is 5. The molecule has 27 heavy (non-hydrogen) atoms. The van der Waals surface area contributed by atoms with Gasteiger partial charge in [0.05, 0.1) is 4.90 Å². The van der Waals surface area contributed by atoms with E-state index in [-0.39, 0.29) is 22.6 Å². The Morgan fingerprint density at radius 2 is 1.85 bits per heavy atom. The van der Waals surface area contributed by atoms with Crippen LogP contribution in [0.25, 0.3) is 0 Å². The number of anilines is 2. The number of likely N-dealkylation sites (tertiary alicyclic amines) is 1. The van der Waals surface area contributed by atoms with Crippen molar-refractivity contribution < 1.29 is 18.0 Å². The zero-order valence-electron chi connectivity index (χ0n) is 14.7. The van der Waals surface area contributed by atoms with E-state index in [4.69, 9.17) is 5.73 Å². The van der Waals surface area contributed by atoms with Crippen LogP contribution in [0.5, 0.6) is 0 Å². The van der Waals surface area contributed by atoms with Gasteiger partial charge in [-0.2, -0.15) is 0 Å². The second-order valence-corrected chi connectivity index (χ2v) is 9.30. The average molecular weight is 409 g/mol. The van der Waals surface area contributed by atoms with Gasteiger partial charge in [0.25, 0.3) is 5.91 Å². The van der Waals surface area contributed by atoms with Gasteiger partial charge in [0, 0.05) is 36.3 Å². The highest BCUT2D eigenvalue weighted by molar-refractivity contribution is 7.90. The van der Waals surface area contributed by atoms with Crippen molar-refractivity contribution in [2.75, 3.05) is 24.7 Å². The maximum atomic E-state index is 12.6. The molecule has 0 aliphatic carbocycles. The molecular weight excluding hydrogens is 388 g/mol. The Balaban J connectivity index is 1.63. The van der Waals surface area contributed by atoms with Crippen molar-refractivity contribution in [1.82, 2.24) is 9.88 Å². The first kappa shape index (κ1) is 19.3. The molecule has 8 nitrogen and oxygen atoms in total. The molecule has 2 aromatic rings. The molecule has 0 bridgehead atoms. The summed E-state index contributed by atoms with van der Waals surface area (Å²) in [7, 11) is -3.24. The number of sulfone groups is 1. The quantitative estimate of drug-likeness (QED) is 0.775. The zero-order chi connectivity index (χ0) is 19.6. The van der Waals surface area contributed by atoms with Gasteiger partial charge in [-0.3, -0.25) is 9.59 Å². The molecule has 1 aromatic heterocycles. The Bertz CT molecular complexity index is 946. The van der Waals surface area contributed by atoms with E-state index in [0.717, 1.165) is 6.26 Å². The molecule has 144 valence electrons. The largest absolute Gasteiger partial charge is 0.369 e. The summed E-state index contributed by atoms with van der Waals surface area (Å²) in [6.07, 6.45) is 2.30. The molecule has 0 unspecified atom stereocenters. The van der Waals surface area contributed by atoms with E-state index in [9.17, 15) is 18.0 Å². The topological polar surface area (TPSA) is 122 Å². The van der Waals surface area contributed by atoms with E-state index in [2.05, 4.69) is 10.3 Å². The van der Waals surface area contributed by atoms with E-state index < -0.39 is 9.84 Å². The van der Waals surface area contributed by atoms with E-state index in [1.165, 1.54) is 23.5 Å². The van der Waals surface area contributed by atoms with Gasteiger partial charge in [-0.05, 0) is 37.1 Å². The van der Waals surface area contributed by atoms with E-state index >= 15 is 0 Å². The maximum absolute atomic E-state index is 12.6. The Hall–Kier alpha value is -2.46. The van der Waals surface area contributed by atoms with Crippen molar-refractivity contribution in [2.45, 2.75) is 17.7 Å². The number of aromatic nitrogens is 1. The van der Waals surface area contributed by atoms with Crippen LogP contribution in [-0.2, 0) is 14.6 Å². The van der Waals surface area contributed by atoms with Gasteiger partial charge in [-0.25, -0.2) is 13.4 Å². The van der Waals surface area contributed by atoms with Crippen LogP contribution in [-0.4, -0.2) is 49.5 Å². The third kappa shape index (κ3) is 4.64. The molecule has 3 rings (SSSR count). The molecular formula is C17H20N4O4S2. The lowest BCUT2D eigenvalue weighted by molar-refractivity contribution is -0.123. The van der Waals surface area contributed by atoms with Gasteiger partial charge in [0.1, 0.15) is 5.69 Å². The number of carbonyl (C=O) groups excluding carboxylic acids is 2. The molecule has 0 radical (unpaired) electrons. The maximum Gasteiger partial charge on any atom is 0.273 e. The van der Waals surface area contributed by atoms with E-state index in [1.54, 1.807) is 22.4 Å². The molecule has 1 fully saturated rings. The zero-order valence-corrected chi connectivity index (χ0v) is 16.3. The van der Waals surface area contributed by atoms with Gasteiger partial charge in [0.2, 0.25) is 5.91 Å². The Kier molecular flexibility index (Phi) is 5.47. The Morgan fingerprint density at radius 1 is 1.22 bits per heavy atom. The Labute approximate surface area is 161 Å². The fraction of sp³-hybridized carbons (Fsp3) is 0.353. The van der Waals surface area contributed by atoms with Crippen LogP contribution >= 0.6 is 11.3 Å². The number of piperidine rings is 1. The summed E-state index contributed by atoms with van der Waals surface area (Å²) in [6, 6.07) is 6.32. The lowest BCUT2D eigenvalue weighted by atomic mass is 9.96. The van der Waals surface area contributed by atoms with Crippen LogP contribution in [0.3, 0.4) is 0 Å². The number of hydrogen-bond acceptors (Lipinski definition) is 7. The molecule has 2 heterocycles. The van der Waals surface area contributed by atoms with Crippen LogP contribution < -0.4 is 11.1 Å². The normalized spacial score (nSPS) is 15.5. The summed E-state index contributed by atoms with van der Waals surface area (Å²) in [5.41, 5.74) is 6.33. The molecule has 10 heteroatoms. The standard InChI is InChI=1S/C17H20N4O4S2/c1-27(24,25)13-4-2-12(3-5-13)19-17-20-14(10-26-17)16(23)21-8-6-11(7-9-21)15(18)22/h2-5,10-11H,6-9H2,1H3,(H2,18,22)(H,19,20). The minimum Gasteiger partial charge on any atom is -0.369 e. The summed E-state index contributed by atoms with van der Waals surface area (Å²) in [6.45, 7) is 0.972. The summed E-state index contributed by atoms with van der Waals surface area (Å²) in [4.78, 5) is 30.0. The van der Waals surface area contributed by atoms with Crippen LogP contribution in [0.2, 0.25) is 0 Å². The van der Waals surface area contributed by atoms with Crippen LogP contribution in [0.4, 0.5) is 10.8 Å². The molecule has 0 spiro atoms. The second-order valence-electron chi connectivity index (χ2n) is 6.43. The summed E-state index contributed by atoms with van der Waals surface area (Å²) >= 11 is 1.29. The molecule has 1 aliphatic rings. The number of nitrogens with zero attached hydrogens (tertiary/aromatic N) is 2. The van der Waals surface area contributed by atoms with E-state index in [1.807, 2.05) is 0 Å². The molecule has 0 saturated carbocycles. The fourth-order valence-corrected chi connectivity index (χ4v) is 4.20. The van der Waals surface area contributed by atoms with E-state index in [0.29, 0.717) is 42.4 Å². The smallest absolute Gasteiger partial charge is 0.273 e. The highest BCUT2D eigenvalue weighted by Gasteiger charge is 2.27. The van der Waals surface area contributed by atoms with Crippen molar-refractivity contribution in [2.24, 2.45) is 11.7 Å². The first-order valence-corrected chi connectivity index (χ1v) is 11.1. The molecule has 2 amide bonds. The minimum atomic E-state index is -3.24. The molecule has 1 aliphatic heterocycles. The van der Waals surface area contributed by atoms with Gasteiger partial charge in [-0.1, -0.05) is 0 Å². The van der Waals surface area contributed by atoms with Gasteiger partial charge < -0.3 is 16.0 Å². The monoisotopic (exact) mass is 408 g/mol. The number of nitrogens with one attached hydrogen (secondary N) is 1. The van der Waals surface area contributed by atoms with Gasteiger partial charge in [-0.15, -0.1) is 11.3 Å². The van der Waals surface area contributed by atoms with Crippen LogP contribution in [0.1, 0.15) is 23.3 Å². The number of primary amides is 1. The predicted molar refractivity (Wildman–Crippen MR) is 103 cm³/mol. The highest BCUT2D eigenvalue weighted by Crippen LogP contribution is 2.24. The molecule has 1 aromatic carbocycles. The third-order valence-corrected chi connectivity index (χ3v) is 6.33. The van der Waals surface area contributed by atoms with Crippen molar-refractivity contribution in [3.8, 4) is 0 Å². The van der Waals surface area contributed by atoms with Crippen molar-refractivity contribution in [3.05, 3.63) is 35.3 Å². The first-order valence-electron chi connectivity index (χ1n) is 8.35. The van der Waals surface area contributed by atoms with Gasteiger partial charge >= 0.3 is 0 Å².